The number of nitrogens with one attached hydrogen (secondary N) is 1. The first kappa shape index (κ1) is 15.6. The zero-order valence-electron chi connectivity index (χ0n) is 15.0. The molecule has 5 nitrogen and oxygen atoms in total. The summed E-state index contributed by atoms with van der Waals surface area (Å²) in [4.78, 5) is 25.5. The van der Waals surface area contributed by atoms with Crippen molar-refractivity contribution in [1.29, 1.82) is 0 Å². The first-order chi connectivity index (χ1) is 13.1. The number of para-hydroxylation sites is 2. The number of benzene rings is 2. The van der Waals surface area contributed by atoms with Crippen LogP contribution in [0.15, 0.2) is 60.9 Å². The number of aryl methyl sites for hydroxylation is 2. The lowest BCUT2D eigenvalue weighted by atomic mass is 9.95. The topological polar surface area (TPSA) is 56.0 Å². The third kappa shape index (κ3) is 2.11. The summed E-state index contributed by atoms with van der Waals surface area (Å²) in [5, 5.41) is 4.40. The van der Waals surface area contributed by atoms with Gasteiger partial charge in [0.1, 0.15) is 0 Å². The van der Waals surface area contributed by atoms with Gasteiger partial charge in [-0.15, -0.1) is 0 Å². The van der Waals surface area contributed by atoms with Crippen LogP contribution in [0.1, 0.15) is 11.1 Å². The van der Waals surface area contributed by atoms with Crippen LogP contribution in [0.5, 0.6) is 0 Å². The number of hydrogen-bond donors (Lipinski definition) is 1. The summed E-state index contributed by atoms with van der Waals surface area (Å²) in [5.74, 6) is -0.696. The van der Waals surface area contributed by atoms with Gasteiger partial charge in [0.15, 0.2) is 0 Å². The standard InChI is InChI=1S/C22H17N3O2/c1-24-11-15(13-7-3-5-9-17(13)24)19-20(22(27)23-21(19)26)16-12-25(2)18-10-6-4-8-14(16)18/h3-12H,1-2H3,(H,23,26,27). The quantitative estimate of drug-likeness (QED) is 0.561. The third-order valence-corrected chi connectivity index (χ3v) is 5.26. The molecule has 0 saturated carbocycles. The highest BCUT2D eigenvalue weighted by Crippen LogP contribution is 2.38. The Morgan fingerprint density at radius 3 is 1.52 bits per heavy atom. The largest absolute Gasteiger partial charge is 0.350 e. The summed E-state index contributed by atoms with van der Waals surface area (Å²) in [7, 11) is 3.89. The number of rotatable bonds is 2. The molecule has 1 aliphatic heterocycles. The second-order valence-electron chi connectivity index (χ2n) is 6.87. The van der Waals surface area contributed by atoms with Crippen LogP contribution in [0.2, 0.25) is 0 Å². The number of carbonyl (C=O) groups excluding carboxylic acids is 2. The SMILES string of the molecule is Cn1cc(C2=C(c3cn(C)c4ccccc34)C(=O)NC2=O)c2ccccc21. The summed E-state index contributed by atoms with van der Waals surface area (Å²) in [6.07, 6.45) is 3.84. The molecule has 2 amide bonds. The van der Waals surface area contributed by atoms with Gasteiger partial charge >= 0.3 is 0 Å². The van der Waals surface area contributed by atoms with Crippen LogP contribution in [0.25, 0.3) is 33.0 Å². The maximum absolute atomic E-state index is 12.8. The number of imide groups is 1. The molecule has 0 spiro atoms. The molecule has 1 aliphatic rings. The van der Waals surface area contributed by atoms with Crippen molar-refractivity contribution >= 4 is 44.8 Å². The van der Waals surface area contributed by atoms with Gasteiger partial charge in [0, 0.05) is 59.4 Å². The van der Waals surface area contributed by atoms with E-state index in [4.69, 9.17) is 0 Å². The molecule has 132 valence electrons. The number of nitrogens with zero attached hydrogens (tertiary/aromatic N) is 2. The van der Waals surface area contributed by atoms with Crippen molar-refractivity contribution in [3.05, 3.63) is 72.1 Å². The summed E-state index contributed by atoms with van der Waals surface area (Å²) < 4.78 is 3.96. The molecular weight excluding hydrogens is 338 g/mol. The van der Waals surface area contributed by atoms with Crippen LogP contribution < -0.4 is 5.32 Å². The van der Waals surface area contributed by atoms with Gasteiger partial charge in [-0.1, -0.05) is 36.4 Å². The fourth-order valence-electron chi connectivity index (χ4n) is 4.05. The van der Waals surface area contributed by atoms with E-state index in [-0.39, 0.29) is 11.8 Å². The van der Waals surface area contributed by atoms with Crippen molar-refractivity contribution in [2.45, 2.75) is 0 Å². The van der Waals surface area contributed by atoms with E-state index in [9.17, 15) is 9.59 Å². The third-order valence-electron chi connectivity index (χ3n) is 5.26. The summed E-state index contributed by atoms with van der Waals surface area (Å²) in [6, 6.07) is 15.8. The van der Waals surface area contributed by atoms with Crippen molar-refractivity contribution in [2.24, 2.45) is 14.1 Å². The van der Waals surface area contributed by atoms with E-state index in [0.29, 0.717) is 11.1 Å². The number of hydrogen-bond acceptors (Lipinski definition) is 2. The number of amides is 2. The Balaban J connectivity index is 1.88. The molecule has 0 aliphatic carbocycles. The lowest BCUT2D eigenvalue weighted by Gasteiger charge is -2.03. The second kappa shape index (κ2) is 5.45. The molecule has 2 aromatic carbocycles. The molecule has 4 aromatic rings. The van der Waals surface area contributed by atoms with Gasteiger partial charge in [-0.2, -0.15) is 0 Å². The predicted molar refractivity (Wildman–Crippen MR) is 106 cm³/mol. The second-order valence-corrected chi connectivity index (χ2v) is 6.87. The Morgan fingerprint density at radius 1 is 0.667 bits per heavy atom. The molecule has 0 atom stereocenters. The van der Waals surface area contributed by atoms with Crippen molar-refractivity contribution < 1.29 is 9.59 Å². The van der Waals surface area contributed by atoms with Gasteiger partial charge < -0.3 is 9.13 Å². The minimum absolute atomic E-state index is 0.348. The van der Waals surface area contributed by atoms with Gasteiger partial charge in [-0.25, -0.2) is 0 Å². The molecule has 3 heterocycles. The van der Waals surface area contributed by atoms with Gasteiger partial charge in [0.25, 0.3) is 11.8 Å². The number of fused-ring (bicyclic) bond motifs is 2. The van der Waals surface area contributed by atoms with Crippen molar-refractivity contribution in [3.8, 4) is 0 Å². The summed E-state index contributed by atoms with van der Waals surface area (Å²) in [6.45, 7) is 0. The average Bonchev–Trinajstić information content (AvgIpc) is 3.27. The smallest absolute Gasteiger partial charge is 0.259 e. The predicted octanol–water partition coefficient (Wildman–Crippen LogP) is 3.24. The Labute approximate surface area is 155 Å². The number of carbonyl (C=O) groups is 2. The maximum atomic E-state index is 12.8. The molecule has 27 heavy (non-hydrogen) atoms. The Kier molecular flexibility index (Phi) is 3.15. The van der Waals surface area contributed by atoms with Crippen LogP contribution in [0.3, 0.4) is 0 Å². The van der Waals surface area contributed by atoms with Crippen molar-refractivity contribution in [3.63, 3.8) is 0 Å². The Bertz CT molecular complexity index is 1200. The van der Waals surface area contributed by atoms with E-state index < -0.39 is 0 Å². The normalized spacial score (nSPS) is 14.6. The van der Waals surface area contributed by atoms with Gasteiger partial charge in [-0.3, -0.25) is 14.9 Å². The molecule has 0 fully saturated rings. The van der Waals surface area contributed by atoms with Crippen molar-refractivity contribution in [2.75, 3.05) is 0 Å². The molecule has 0 bridgehead atoms. The Morgan fingerprint density at radius 2 is 1.07 bits per heavy atom. The fourth-order valence-corrected chi connectivity index (χ4v) is 4.05. The van der Waals surface area contributed by atoms with Gasteiger partial charge in [-0.05, 0) is 12.1 Å². The maximum Gasteiger partial charge on any atom is 0.259 e. The van der Waals surface area contributed by atoms with Crippen LogP contribution >= 0.6 is 0 Å². The average molecular weight is 355 g/mol. The molecule has 0 radical (unpaired) electrons. The molecule has 0 unspecified atom stereocenters. The molecule has 2 aromatic heterocycles. The van der Waals surface area contributed by atoms with Crippen LogP contribution in [-0.2, 0) is 23.7 Å². The molecule has 1 N–H and O–H groups in total. The van der Waals surface area contributed by atoms with Crippen LogP contribution in [-0.4, -0.2) is 20.9 Å². The van der Waals surface area contributed by atoms with E-state index in [2.05, 4.69) is 5.32 Å². The van der Waals surface area contributed by atoms with E-state index in [1.54, 1.807) is 0 Å². The van der Waals surface area contributed by atoms with E-state index >= 15 is 0 Å². The highest BCUT2D eigenvalue weighted by atomic mass is 16.2. The summed E-state index contributed by atoms with van der Waals surface area (Å²) >= 11 is 0. The first-order valence-corrected chi connectivity index (χ1v) is 8.75. The minimum Gasteiger partial charge on any atom is -0.350 e. The molecular formula is C22H17N3O2. The highest BCUT2D eigenvalue weighted by molar-refractivity contribution is 6.50. The lowest BCUT2D eigenvalue weighted by molar-refractivity contribution is -0.122. The van der Waals surface area contributed by atoms with Gasteiger partial charge in [0.2, 0.25) is 0 Å². The van der Waals surface area contributed by atoms with Crippen molar-refractivity contribution in [1.82, 2.24) is 14.5 Å². The Hall–Kier alpha value is -3.60. The first-order valence-electron chi connectivity index (χ1n) is 8.75. The lowest BCUT2D eigenvalue weighted by Crippen LogP contribution is -2.22. The molecule has 5 heteroatoms. The molecule has 0 saturated heterocycles. The summed E-state index contributed by atoms with van der Waals surface area (Å²) in [5.41, 5.74) is 4.47. The highest BCUT2D eigenvalue weighted by Gasteiger charge is 2.35. The monoisotopic (exact) mass is 355 g/mol. The van der Waals surface area contributed by atoms with E-state index in [1.165, 1.54) is 0 Å². The number of aromatic nitrogens is 2. The minimum atomic E-state index is -0.348. The van der Waals surface area contributed by atoms with Crippen LogP contribution in [0, 0.1) is 0 Å². The van der Waals surface area contributed by atoms with E-state index in [0.717, 1.165) is 32.9 Å². The zero-order chi connectivity index (χ0) is 18.7. The zero-order valence-corrected chi connectivity index (χ0v) is 15.0. The molecule has 5 rings (SSSR count). The van der Waals surface area contributed by atoms with Crippen LogP contribution in [0.4, 0.5) is 0 Å². The fraction of sp³-hybridized carbons (Fsp3) is 0.0909. The van der Waals surface area contributed by atoms with E-state index in [1.807, 2.05) is 84.2 Å². The van der Waals surface area contributed by atoms with Gasteiger partial charge in [0.05, 0.1) is 11.1 Å².